The first kappa shape index (κ1) is 30.9. The number of nitrogens with one attached hydrogen (secondary N) is 3. The van der Waals surface area contributed by atoms with Gasteiger partial charge in [-0.1, -0.05) is 30.3 Å². The number of carbonyl (C=O) groups is 5. The van der Waals surface area contributed by atoms with Crippen molar-refractivity contribution in [2.45, 2.75) is 62.7 Å². The summed E-state index contributed by atoms with van der Waals surface area (Å²) in [6.45, 7) is 0.373. The maximum atomic E-state index is 13.0. The van der Waals surface area contributed by atoms with Crippen LogP contribution >= 0.6 is 12.6 Å². The van der Waals surface area contributed by atoms with Crippen LogP contribution < -0.4 is 27.4 Å². The summed E-state index contributed by atoms with van der Waals surface area (Å²) in [7, 11) is 0. The number of carboxylic acid groups (broad SMARTS) is 2. The molecular formula is C23H35N5O7S. The summed E-state index contributed by atoms with van der Waals surface area (Å²) in [6.07, 6.45) is 0.876. The monoisotopic (exact) mass is 525 g/mol. The fourth-order valence-electron chi connectivity index (χ4n) is 3.24. The molecule has 0 aliphatic heterocycles. The van der Waals surface area contributed by atoms with Crippen molar-refractivity contribution >= 4 is 42.3 Å². The molecular weight excluding hydrogens is 490 g/mol. The Kier molecular flexibility index (Phi) is 14.1. The average molecular weight is 526 g/mol. The van der Waals surface area contributed by atoms with Crippen LogP contribution in [-0.2, 0) is 30.4 Å². The highest BCUT2D eigenvalue weighted by Gasteiger charge is 2.29. The molecule has 0 fully saturated rings. The van der Waals surface area contributed by atoms with E-state index in [0.29, 0.717) is 24.9 Å². The Morgan fingerprint density at radius 2 is 1.42 bits per heavy atom. The summed E-state index contributed by atoms with van der Waals surface area (Å²) in [6, 6.07) is 4.18. The number of hydrogen-bond donors (Lipinski definition) is 8. The summed E-state index contributed by atoms with van der Waals surface area (Å²) in [5.74, 6) is -4.59. The quantitative estimate of drug-likeness (QED) is 0.0925. The standard InChI is InChI=1S/C23H35N5O7S/c24-11-5-4-8-16(21(32)27-17(23(34)35)12-14-6-2-1-3-7-14)26-22(33)18(13-36)28-20(31)15(25)9-10-19(29)30/h1-3,6-7,15-18,36H,4-5,8-13,24-25H2,(H,26,33)(H,27,32)(H,28,31)(H,29,30)(H,34,35). The van der Waals surface area contributed by atoms with Gasteiger partial charge >= 0.3 is 11.9 Å². The second-order valence-electron chi connectivity index (χ2n) is 8.22. The molecule has 13 heteroatoms. The third-order valence-electron chi connectivity index (χ3n) is 5.30. The van der Waals surface area contributed by atoms with E-state index in [9.17, 15) is 29.1 Å². The first-order chi connectivity index (χ1) is 17.1. The normalized spacial score (nSPS) is 14.1. The Labute approximate surface area is 215 Å². The van der Waals surface area contributed by atoms with Gasteiger partial charge in [0.15, 0.2) is 0 Å². The van der Waals surface area contributed by atoms with Crippen molar-refractivity contribution in [1.29, 1.82) is 0 Å². The van der Waals surface area contributed by atoms with E-state index in [0.717, 1.165) is 0 Å². The Morgan fingerprint density at radius 1 is 0.833 bits per heavy atom. The Morgan fingerprint density at radius 3 is 1.97 bits per heavy atom. The second-order valence-corrected chi connectivity index (χ2v) is 8.58. The molecule has 0 aromatic heterocycles. The number of amides is 3. The fraction of sp³-hybridized carbons (Fsp3) is 0.522. The van der Waals surface area contributed by atoms with Crippen molar-refractivity contribution in [3.8, 4) is 0 Å². The lowest BCUT2D eigenvalue weighted by atomic mass is 10.0. The molecule has 9 N–H and O–H groups in total. The number of rotatable bonds is 17. The second kappa shape index (κ2) is 16.5. The van der Waals surface area contributed by atoms with Gasteiger partial charge in [-0.3, -0.25) is 19.2 Å². The maximum absolute atomic E-state index is 13.0. The Hall–Kier alpha value is -3.16. The number of aliphatic carboxylic acids is 2. The molecule has 200 valence electrons. The van der Waals surface area contributed by atoms with Gasteiger partial charge in [-0.15, -0.1) is 0 Å². The van der Waals surface area contributed by atoms with Crippen LogP contribution in [-0.4, -0.2) is 76.3 Å². The van der Waals surface area contributed by atoms with Gasteiger partial charge in [-0.25, -0.2) is 4.79 Å². The van der Waals surface area contributed by atoms with E-state index < -0.39 is 53.8 Å². The van der Waals surface area contributed by atoms with Crippen molar-refractivity contribution < 1.29 is 34.2 Å². The van der Waals surface area contributed by atoms with Gasteiger partial charge in [0.25, 0.3) is 0 Å². The zero-order chi connectivity index (χ0) is 27.1. The van der Waals surface area contributed by atoms with Gasteiger partial charge in [0, 0.05) is 18.6 Å². The SMILES string of the molecule is NCCCCC(NC(=O)C(CS)NC(=O)C(N)CCC(=O)O)C(=O)NC(Cc1ccccc1)C(=O)O. The zero-order valence-corrected chi connectivity index (χ0v) is 20.8. The van der Waals surface area contributed by atoms with E-state index in [4.69, 9.17) is 16.6 Å². The van der Waals surface area contributed by atoms with Crippen LogP contribution in [0.5, 0.6) is 0 Å². The highest BCUT2D eigenvalue weighted by molar-refractivity contribution is 7.80. The fourth-order valence-corrected chi connectivity index (χ4v) is 3.50. The summed E-state index contributed by atoms with van der Waals surface area (Å²) in [5, 5.41) is 25.7. The van der Waals surface area contributed by atoms with E-state index in [1.807, 2.05) is 0 Å². The summed E-state index contributed by atoms with van der Waals surface area (Å²) in [5.41, 5.74) is 11.9. The molecule has 4 atom stereocenters. The molecule has 0 heterocycles. The van der Waals surface area contributed by atoms with Gasteiger partial charge in [-0.2, -0.15) is 12.6 Å². The van der Waals surface area contributed by atoms with Crippen LogP contribution in [0.25, 0.3) is 0 Å². The molecule has 0 aliphatic carbocycles. The predicted molar refractivity (Wildman–Crippen MR) is 135 cm³/mol. The minimum absolute atomic E-state index is 0.0505. The minimum Gasteiger partial charge on any atom is -0.481 e. The maximum Gasteiger partial charge on any atom is 0.326 e. The molecule has 0 saturated carbocycles. The number of thiol groups is 1. The van der Waals surface area contributed by atoms with Gasteiger partial charge in [0.1, 0.15) is 18.1 Å². The van der Waals surface area contributed by atoms with Crippen LogP contribution in [0.3, 0.4) is 0 Å². The van der Waals surface area contributed by atoms with E-state index in [-0.39, 0.29) is 31.4 Å². The molecule has 12 nitrogen and oxygen atoms in total. The topological polar surface area (TPSA) is 214 Å². The van der Waals surface area contributed by atoms with Crippen LogP contribution in [0.4, 0.5) is 0 Å². The lowest BCUT2D eigenvalue weighted by Gasteiger charge is -2.24. The van der Waals surface area contributed by atoms with Gasteiger partial charge in [0.05, 0.1) is 6.04 Å². The number of nitrogens with two attached hydrogens (primary N) is 2. The van der Waals surface area contributed by atoms with Crippen LogP contribution in [0.1, 0.15) is 37.7 Å². The molecule has 0 saturated heterocycles. The van der Waals surface area contributed by atoms with Crippen LogP contribution in [0, 0.1) is 0 Å². The molecule has 0 spiro atoms. The average Bonchev–Trinajstić information content (AvgIpc) is 2.84. The first-order valence-electron chi connectivity index (χ1n) is 11.5. The molecule has 0 aliphatic rings. The van der Waals surface area contributed by atoms with Crippen molar-refractivity contribution in [3.05, 3.63) is 35.9 Å². The lowest BCUT2D eigenvalue weighted by Crippen LogP contribution is -2.57. The third kappa shape index (κ3) is 11.5. The van der Waals surface area contributed by atoms with Gasteiger partial charge < -0.3 is 37.6 Å². The predicted octanol–water partition coefficient (Wildman–Crippen LogP) is -0.981. The van der Waals surface area contributed by atoms with E-state index >= 15 is 0 Å². The molecule has 4 unspecified atom stereocenters. The molecule has 1 aromatic carbocycles. The van der Waals surface area contributed by atoms with Crippen molar-refractivity contribution in [3.63, 3.8) is 0 Å². The number of carbonyl (C=O) groups excluding carboxylic acids is 3. The van der Waals surface area contributed by atoms with Crippen molar-refractivity contribution in [2.75, 3.05) is 12.3 Å². The van der Waals surface area contributed by atoms with Gasteiger partial charge in [0.2, 0.25) is 17.7 Å². The van der Waals surface area contributed by atoms with Crippen LogP contribution in [0.15, 0.2) is 30.3 Å². The summed E-state index contributed by atoms with van der Waals surface area (Å²) >= 11 is 4.08. The van der Waals surface area contributed by atoms with Crippen molar-refractivity contribution in [1.82, 2.24) is 16.0 Å². The number of benzene rings is 1. The van der Waals surface area contributed by atoms with E-state index in [2.05, 4.69) is 28.6 Å². The highest BCUT2D eigenvalue weighted by Crippen LogP contribution is 2.07. The molecule has 1 rings (SSSR count). The molecule has 36 heavy (non-hydrogen) atoms. The Bertz CT molecular complexity index is 887. The van der Waals surface area contributed by atoms with Crippen LogP contribution in [0.2, 0.25) is 0 Å². The first-order valence-corrected chi connectivity index (χ1v) is 12.2. The summed E-state index contributed by atoms with van der Waals surface area (Å²) < 4.78 is 0. The molecule has 1 aromatic rings. The third-order valence-corrected chi connectivity index (χ3v) is 5.66. The van der Waals surface area contributed by atoms with E-state index in [1.54, 1.807) is 30.3 Å². The van der Waals surface area contributed by atoms with E-state index in [1.165, 1.54) is 0 Å². The minimum atomic E-state index is -1.23. The number of unbranched alkanes of at least 4 members (excludes halogenated alkanes) is 1. The number of carboxylic acids is 2. The molecule has 0 bridgehead atoms. The largest absolute Gasteiger partial charge is 0.481 e. The summed E-state index contributed by atoms with van der Waals surface area (Å²) in [4.78, 5) is 60.5. The smallest absolute Gasteiger partial charge is 0.326 e. The van der Waals surface area contributed by atoms with Gasteiger partial charge in [-0.05, 0) is 37.8 Å². The zero-order valence-electron chi connectivity index (χ0n) is 19.9. The Balaban J connectivity index is 2.88. The lowest BCUT2D eigenvalue weighted by molar-refractivity contribution is -0.142. The van der Waals surface area contributed by atoms with Crippen molar-refractivity contribution in [2.24, 2.45) is 11.5 Å². The number of hydrogen-bond acceptors (Lipinski definition) is 8. The molecule has 0 radical (unpaired) electrons. The molecule has 3 amide bonds. The highest BCUT2D eigenvalue weighted by atomic mass is 32.1.